The predicted molar refractivity (Wildman–Crippen MR) is 51.8 cm³/mol. The molecule has 1 rings (SSSR count). The smallest absolute Gasteiger partial charge is 0.160 e. The lowest BCUT2D eigenvalue weighted by Gasteiger charge is -2.00. The standard InChI is InChI=1S/C11H11F2N/c1-14(2)7-3-4-9-5-6-10(12)11(13)8-9/h5-6,8H,7H2,1-2H3. The quantitative estimate of drug-likeness (QED) is 0.618. The van der Waals surface area contributed by atoms with Gasteiger partial charge in [0.15, 0.2) is 11.6 Å². The van der Waals surface area contributed by atoms with Crippen LogP contribution in [-0.4, -0.2) is 25.5 Å². The maximum Gasteiger partial charge on any atom is 0.160 e. The van der Waals surface area contributed by atoms with Gasteiger partial charge in [0.05, 0.1) is 6.54 Å². The summed E-state index contributed by atoms with van der Waals surface area (Å²) in [5.41, 5.74) is 0.491. The maximum atomic E-state index is 12.7. The summed E-state index contributed by atoms with van der Waals surface area (Å²) in [6, 6.07) is 3.63. The van der Waals surface area contributed by atoms with Crippen LogP contribution >= 0.6 is 0 Å². The van der Waals surface area contributed by atoms with E-state index < -0.39 is 11.6 Å². The van der Waals surface area contributed by atoms with Crippen molar-refractivity contribution in [2.75, 3.05) is 20.6 Å². The molecular formula is C11H11F2N. The van der Waals surface area contributed by atoms with Gasteiger partial charge >= 0.3 is 0 Å². The normalized spacial score (nSPS) is 9.79. The molecule has 74 valence electrons. The molecule has 0 N–H and O–H groups in total. The molecule has 0 aromatic heterocycles. The molecule has 0 spiro atoms. The minimum absolute atomic E-state index is 0.491. The van der Waals surface area contributed by atoms with Crippen molar-refractivity contribution in [2.45, 2.75) is 0 Å². The van der Waals surface area contributed by atoms with Crippen molar-refractivity contribution >= 4 is 0 Å². The van der Waals surface area contributed by atoms with Gasteiger partial charge in [0.2, 0.25) is 0 Å². The highest BCUT2D eigenvalue weighted by Crippen LogP contribution is 2.07. The molecule has 0 amide bonds. The van der Waals surface area contributed by atoms with E-state index in [0.717, 1.165) is 12.1 Å². The van der Waals surface area contributed by atoms with E-state index >= 15 is 0 Å². The molecule has 1 nitrogen and oxygen atoms in total. The van der Waals surface area contributed by atoms with Crippen LogP contribution in [0.2, 0.25) is 0 Å². The first kappa shape index (κ1) is 10.7. The minimum atomic E-state index is -0.860. The number of halogens is 2. The van der Waals surface area contributed by atoms with Crippen molar-refractivity contribution in [2.24, 2.45) is 0 Å². The number of hydrogen-bond donors (Lipinski definition) is 0. The fraction of sp³-hybridized carbons (Fsp3) is 0.273. The molecule has 1 aromatic carbocycles. The van der Waals surface area contributed by atoms with Crippen molar-refractivity contribution in [3.8, 4) is 11.8 Å². The highest BCUT2D eigenvalue weighted by molar-refractivity contribution is 5.34. The summed E-state index contributed by atoms with van der Waals surface area (Å²) in [7, 11) is 3.78. The number of benzene rings is 1. The van der Waals surface area contributed by atoms with Gasteiger partial charge in [0, 0.05) is 5.56 Å². The van der Waals surface area contributed by atoms with Gasteiger partial charge in [-0.25, -0.2) is 8.78 Å². The summed E-state index contributed by atoms with van der Waals surface area (Å²) in [6.45, 7) is 0.596. The zero-order chi connectivity index (χ0) is 10.6. The van der Waals surface area contributed by atoms with Crippen LogP contribution in [0.3, 0.4) is 0 Å². The van der Waals surface area contributed by atoms with E-state index in [1.54, 1.807) is 0 Å². The molecule has 0 atom stereocenters. The average molecular weight is 195 g/mol. The molecule has 0 radical (unpaired) electrons. The fourth-order valence-corrected chi connectivity index (χ4v) is 0.874. The topological polar surface area (TPSA) is 3.24 Å². The molecule has 0 bridgehead atoms. The molecule has 0 aliphatic heterocycles. The van der Waals surface area contributed by atoms with Crippen molar-refractivity contribution in [1.29, 1.82) is 0 Å². The summed E-state index contributed by atoms with van der Waals surface area (Å²) in [5, 5.41) is 0. The summed E-state index contributed by atoms with van der Waals surface area (Å²) < 4.78 is 25.2. The Balaban J connectivity index is 2.76. The van der Waals surface area contributed by atoms with E-state index in [4.69, 9.17) is 0 Å². The van der Waals surface area contributed by atoms with Gasteiger partial charge in [-0.2, -0.15) is 0 Å². The largest absolute Gasteiger partial charge is 0.299 e. The van der Waals surface area contributed by atoms with E-state index in [1.807, 2.05) is 19.0 Å². The molecule has 0 saturated heterocycles. The molecule has 0 heterocycles. The molecule has 0 fully saturated rings. The Hall–Kier alpha value is -1.40. The maximum absolute atomic E-state index is 12.7. The summed E-state index contributed by atoms with van der Waals surface area (Å²) >= 11 is 0. The number of rotatable bonds is 1. The predicted octanol–water partition coefficient (Wildman–Crippen LogP) is 1.88. The van der Waals surface area contributed by atoms with Crippen LogP contribution in [0.1, 0.15) is 5.56 Å². The zero-order valence-electron chi connectivity index (χ0n) is 8.14. The highest BCUT2D eigenvalue weighted by atomic mass is 19.2. The average Bonchev–Trinajstić information content (AvgIpc) is 2.10. The van der Waals surface area contributed by atoms with Crippen molar-refractivity contribution in [3.63, 3.8) is 0 Å². The third-order valence-corrected chi connectivity index (χ3v) is 1.55. The van der Waals surface area contributed by atoms with E-state index in [0.29, 0.717) is 12.1 Å². The fourth-order valence-electron chi connectivity index (χ4n) is 0.874. The van der Waals surface area contributed by atoms with E-state index in [-0.39, 0.29) is 0 Å². The van der Waals surface area contributed by atoms with Crippen molar-refractivity contribution in [1.82, 2.24) is 4.90 Å². The summed E-state index contributed by atoms with van der Waals surface area (Å²) in [5.74, 6) is 3.88. The first-order valence-electron chi connectivity index (χ1n) is 4.18. The Morgan fingerprint density at radius 2 is 1.93 bits per heavy atom. The molecule has 1 aromatic rings. The highest BCUT2D eigenvalue weighted by Gasteiger charge is 1.99. The summed E-state index contributed by atoms with van der Waals surface area (Å²) in [6.07, 6.45) is 0. The third kappa shape index (κ3) is 3.15. The van der Waals surface area contributed by atoms with Gasteiger partial charge in [0.25, 0.3) is 0 Å². The number of nitrogens with zero attached hydrogens (tertiary/aromatic N) is 1. The molecule has 0 aliphatic rings. The molecule has 0 aliphatic carbocycles. The van der Waals surface area contributed by atoms with Gasteiger partial charge in [-0.15, -0.1) is 0 Å². The first-order chi connectivity index (χ1) is 6.59. The van der Waals surface area contributed by atoms with Crippen LogP contribution in [-0.2, 0) is 0 Å². The Morgan fingerprint density at radius 3 is 2.50 bits per heavy atom. The summed E-state index contributed by atoms with van der Waals surface area (Å²) in [4.78, 5) is 1.90. The van der Waals surface area contributed by atoms with Crippen LogP contribution in [0.15, 0.2) is 18.2 Å². The van der Waals surface area contributed by atoms with Gasteiger partial charge in [-0.1, -0.05) is 11.8 Å². The molecule has 14 heavy (non-hydrogen) atoms. The first-order valence-corrected chi connectivity index (χ1v) is 4.18. The van der Waals surface area contributed by atoms with Crippen LogP contribution in [0, 0.1) is 23.5 Å². The SMILES string of the molecule is CN(C)CC#Cc1ccc(F)c(F)c1. The van der Waals surface area contributed by atoms with E-state index in [1.165, 1.54) is 6.07 Å². The molecule has 0 unspecified atom stereocenters. The number of hydrogen-bond acceptors (Lipinski definition) is 1. The minimum Gasteiger partial charge on any atom is -0.299 e. The Morgan fingerprint density at radius 1 is 1.21 bits per heavy atom. The van der Waals surface area contributed by atoms with Gasteiger partial charge in [-0.05, 0) is 32.3 Å². The van der Waals surface area contributed by atoms with Gasteiger partial charge in [-0.3, -0.25) is 4.90 Å². The Kier molecular flexibility index (Phi) is 3.61. The second kappa shape index (κ2) is 4.73. The monoisotopic (exact) mass is 195 g/mol. The Labute approximate surface area is 82.3 Å². The van der Waals surface area contributed by atoms with E-state index in [2.05, 4.69) is 11.8 Å². The van der Waals surface area contributed by atoms with Gasteiger partial charge < -0.3 is 0 Å². The van der Waals surface area contributed by atoms with Crippen LogP contribution in [0.4, 0.5) is 8.78 Å². The van der Waals surface area contributed by atoms with Crippen molar-refractivity contribution in [3.05, 3.63) is 35.4 Å². The van der Waals surface area contributed by atoms with E-state index in [9.17, 15) is 8.78 Å². The van der Waals surface area contributed by atoms with Gasteiger partial charge in [0.1, 0.15) is 0 Å². The Bertz CT molecular complexity index is 375. The second-order valence-corrected chi connectivity index (χ2v) is 3.17. The van der Waals surface area contributed by atoms with Crippen LogP contribution in [0.25, 0.3) is 0 Å². The zero-order valence-corrected chi connectivity index (χ0v) is 8.14. The van der Waals surface area contributed by atoms with Crippen LogP contribution in [0.5, 0.6) is 0 Å². The molecule has 3 heteroatoms. The molecular weight excluding hydrogens is 184 g/mol. The van der Waals surface area contributed by atoms with Crippen molar-refractivity contribution < 1.29 is 8.78 Å². The lowest BCUT2D eigenvalue weighted by Crippen LogP contribution is -2.10. The lowest BCUT2D eigenvalue weighted by atomic mass is 10.2. The van der Waals surface area contributed by atoms with Crippen LogP contribution < -0.4 is 0 Å². The molecule has 0 saturated carbocycles. The second-order valence-electron chi connectivity index (χ2n) is 3.17. The lowest BCUT2D eigenvalue weighted by molar-refractivity contribution is 0.464. The third-order valence-electron chi connectivity index (χ3n) is 1.55.